The molecule has 37 heavy (non-hydrogen) atoms. The van der Waals surface area contributed by atoms with Crippen molar-refractivity contribution in [2.45, 2.75) is 31.1 Å². The zero-order chi connectivity index (χ0) is 25.2. The van der Waals surface area contributed by atoms with Gasteiger partial charge >= 0.3 is 0 Å². The first-order chi connectivity index (χ1) is 18.2. The standard InChI is InChI=1S/C28H24N2S7/c1-29-21-7-3-5-9-25(21)33-27-13-11-19(15-23(27)29)17-31-35-37-36-32-18-20-12-14-28-24(16-20)30(2)22-8-4-6-10-26(22)34-28/h3-16H,17-18H2,1-2H3. The average molecular weight is 613 g/mol. The van der Waals surface area contributed by atoms with E-state index >= 15 is 0 Å². The molecule has 4 aromatic rings. The van der Waals surface area contributed by atoms with E-state index in [0.29, 0.717) is 0 Å². The zero-order valence-electron chi connectivity index (χ0n) is 20.2. The monoisotopic (exact) mass is 612 g/mol. The molecule has 0 aromatic heterocycles. The highest BCUT2D eigenvalue weighted by atomic mass is 33.8. The van der Waals surface area contributed by atoms with Gasteiger partial charge in [0.05, 0.1) is 22.7 Å². The highest BCUT2D eigenvalue weighted by Gasteiger charge is 2.21. The normalized spacial score (nSPS) is 13.6. The first-order valence-corrected chi connectivity index (χ1v) is 19.8. The lowest BCUT2D eigenvalue weighted by atomic mass is 10.2. The van der Waals surface area contributed by atoms with Gasteiger partial charge in [-0.2, -0.15) is 0 Å². The van der Waals surface area contributed by atoms with E-state index in [0.717, 1.165) is 11.5 Å². The van der Waals surface area contributed by atoms with E-state index in [1.807, 2.05) is 74.6 Å². The van der Waals surface area contributed by atoms with E-state index in [1.165, 1.54) is 53.5 Å². The number of benzene rings is 4. The summed E-state index contributed by atoms with van der Waals surface area (Å²) in [5, 5.41) is 0. The van der Waals surface area contributed by atoms with Gasteiger partial charge in [-0.05, 0) is 89.1 Å². The molecule has 0 atom stereocenters. The predicted octanol–water partition coefficient (Wildman–Crippen LogP) is 11.2. The molecule has 2 heterocycles. The van der Waals surface area contributed by atoms with Gasteiger partial charge < -0.3 is 9.80 Å². The van der Waals surface area contributed by atoms with Crippen molar-refractivity contribution in [1.82, 2.24) is 0 Å². The molecular formula is C28H24N2S7. The van der Waals surface area contributed by atoms with Crippen LogP contribution in [0, 0.1) is 0 Å². The van der Waals surface area contributed by atoms with Crippen LogP contribution in [0.1, 0.15) is 11.1 Å². The molecule has 0 N–H and O–H groups in total. The van der Waals surface area contributed by atoms with Crippen LogP contribution in [-0.2, 0) is 11.5 Å². The lowest BCUT2D eigenvalue weighted by Crippen LogP contribution is -2.14. The van der Waals surface area contributed by atoms with Crippen LogP contribution in [0.5, 0.6) is 0 Å². The molecule has 0 bridgehead atoms. The van der Waals surface area contributed by atoms with Crippen LogP contribution in [0.3, 0.4) is 0 Å². The van der Waals surface area contributed by atoms with E-state index in [2.05, 4.69) is 109 Å². The minimum atomic E-state index is 1.01. The molecule has 0 saturated carbocycles. The van der Waals surface area contributed by atoms with Crippen molar-refractivity contribution in [3.05, 3.63) is 96.1 Å². The predicted molar refractivity (Wildman–Crippen MR) is 176 cm³/mol. The zero-order valence-corrected chi connectivity index (χ0v) is 26.0. The third-order valence-corrected chi connectivity index (χ3v) is 17.1. The Morgan fingerprint density at radius 3 is 1.43 bits per heavy atom. The van der Waals surface area contributed by atoms with Gasteiger partial charge in [0.2, 0.25) is 0 Å². The molecule has 2 aliphatic rings. The Morgan fingerprint density at radius 1 is 0.514 bits per heavy atom. The number of fused-ring (bicyclic) bond motifs is 4. The van der Waals surface area contributed by atoms with E-state index in [4.69, 9.17) is 0 Å². The van der Waals surface area contributed by atoms with Crippen molar-refractivity contribution < 1.29 is 0 Å². The molecule has 0 amide bonds. The number of rotatable bonds is 8. The fourth-order valence-corrected chi connectivity index (χ4v) is 15.2. The minimum Gasteiger partial charge on any atom is -0.343 e. The summed E-state index contributed by atoms with van der Waals surface area (Å²) in [4.78, 5) is 9.96. The van der Waals surface area contributed by atoms with Crippen molar-refractivity contribution in [2.75, 3.05) is 23.9 Å². The molecule has 188 valence electrons. The van der Waals surface area contributed by atoms with Gasteiger partial charge in [0.15, 0.2) is 0 Å². The van der Waals surface area contributed by atoms with Gasteiger partial charge in [0, 0.05) is 45.2 Å². The van der Waals surface area contributed by atoms with Gasteiger partial charge in [-0.25, -0.2) is 0 Å². The highest BCUT2D eigenvalue weighted by molar-refractivity contribution is 9.35. The molecule has 6 rings (SSSR count). The molecule has 9 heteroatoms. The number of hydrogen-bond acceptors (Lipinski definition) is 9. The lowest BCUT2D eigenvalue weighted by Gasteiger charge is -2.29. The first-order valence-electron chi connectivity index (χ1n) is 11.7. The maximum Gasteiger partial charge on any atom is 0.0553 e. The molecule has 0 saturated heterocycles. The Labute approximate surface area is 246 Å². The number of hydrogen-bond donors (Lipinski definition) is 0. The fourth-order valence-electron chi connectivity index (χ4n) is 4.37. The second-order valence-corrected chi connectivity index (χ2v) is 18.5. The average Bonchev–Trinajstić information content (AvgIpc) is 2.93. The molecule has 0 radical (unpaired) electrons. The van der Waals surface area contributed by atoms with E-state index in [-0.39, 0.29) is 0 Å². The Balaban J connectivity index is 0.956. The van der Waals surface area contributed by atoms with Crippen LogP contribution >= 0.6 is 74.6 Å². The van der Waals surface area contributed by atoms with E-state index < -0.39 is 0 Å². The highest BCUT2D eigenvalue weighted by Crippen LogP contribution is 2.52. The smallest absolute Gasteiger partial charge is 0.0553 e. The van der Waals surface area contributed by atoms with E-state index in [1.54, 1.807) is 0 Å². The maximum absolute atomic E-state index is 2.35. The molecule has 0 aliphatic carbocycles. The maximum atomic E-state index is 2.35. The molecular weight excluding hydrogens is 589 g/mol. The van der Waals surface area contributed by atoms with Crippen molar-refractivity contribution in [3.63, 3.8) is 0 Å². The van der Waals surface area contributed by atoms with Crippen molar-refractivity contribution in [2.24, 2.45) is 0 Å². The van der Waals surface area contributed by atoms with Crippen LogP contribution in [0.2, 0.25) is 0 Å². The summed E-state index contributed by atoms with van der Waals surface area (Å²) in [5.74, 6) is 2.01. The third-order valence-electron chi connectivity index (χ3n) is 6.27. The summed E-state index contributed by atoms with van der Waals surface area (Å²) < 4.78 is 0. The topological polar surface area (TPSA) is 6.48 Å². The largest absolute Gasteiger partial charge is 0.343 e. The summed E-state index contributed by atoms with van der Waals surface area (Å²) in [6, 6.07) is 31.1. The van der Waals surface area contributed by atoms with E-state index in [9.17, 15) is 0 Å². The van der Waals surface area contributed by atoms with Crippen molar-refractivity contribution in [3.8, 4) is 0 Å². The summed E-state index contributed by atoms with van der Waals surface area (Å²) in [7, 11) is 13.8. The SMILES string of the molecule is CN1c2ccccc2Sc2ccc(CSSSSSCc3ccc4c(c3)N(C)c3ccccc3S4)cc21. The molecule has 0 fully saturated rings. The fraction of sp³-hybridized carbons (Fsp3) is 0.143. The Morgan fingerprint density at radius 2 is 0.946 bits per heavy atom. The molecule has 4 aromatic carbocycles. The molecule has 0 unspecified atom stereocenters. The lowest BCUT2D eigenvalue weighted by molar-refractivity contribution is 1.10. The Kier molecular flexibility index (Phi) is 8.47. The van der Waals surface area contributed by atoms with Gasteiger partial charge in [-0.15, -0.1) is 0 Å². The van der Waals surface area contributed by atoms with Crippen LogP contribution in [-0.4, -0.2) is 14.1 Å². The second kappa shape index (κ2) is 12.0. The van der Waals surface area contributed by atoms with Crippen LogP contribution < -0.4 is 9.80 Å². The summed E-state index contributed by atoms with van der Waals surface area (Å²) in [6.07, 6.45) is 0. The van der Waals surface area contributed by atoms with Crippen LogP contribution in [0.4, 0.5) is 22.7 Å². The number of anilines is 4. The molecule has 0 spiro atoms. The molecule has 2 aliphatic heterocycles. The van der Waals surface area contributed by atoms with Gasteiger partial charge in [0.1, 0.15) is 0 Å². The van der Waals surface area contributed by atoms with Gasteiger partial charge in [-0.3, -0.25) is 0 Å². The minimum absolute atomic E-state index is 1.01. The summed E-state index contributed by atoms with van der Waals surface area (Å²) >= 11 is 3.73. The van der Waals surface area contributed by atoms with Gasteiger partial charge in [0.25, 0.3) is 0 Å². The Hall–Kier alpha value is -1.07. The summed E-state index contributed by atoms with van der Waals surface area (Å²) in [5.41, 5.74) is 7.94. The quantitative estimate of drug-likeness (QED) is 0.140. The second-order valence-electron chi connectivity index (χ2n) is 8.59. The van der Waals surface area contributed by atoms with Crippen LogP contribution in [0.15, 0.2) is 105 Å². The first kappa shape index (κ1) is 26.2. The Bertz CT molecular complexity index is 1320. The van der Waals surface area contributed by atoms with Crippen LogP contribution in [0.25, 0.3) is 0 Å². The number of para-hydroxylation sites is 2. The summed E-state index contributed by atoms with van der Waals surface area (Å²) in [6.45, 7) is 0. The third kappa shape index (κ3) is 5.78. The van der Waals surface area contributed by atoms with Crippen molar-refractivity contribution in [1.29, 1.82) is 0 Å². The van der Waals surface area contributed by atoms with Crippen molar-refractivity contribution >= 4 is 97.3 Å². The number of nitrogens with zero attached hydrogens (tertiary/aromatic N) is 2. The van der Waals surface area contributed by atoms with Gasteiger partial charge in [-0.1, -0.05) is 81.5 Å². The molecule has 2 nitrogen and oxygen atoms in total.